The average molecular weight is 355 g/mol. The molecule has 1 aliphatic carbocycles. The van der Waals surface area contributed by atoms with Gasteiger partial charge in [-0.1, -0.05) is 23.8 Å². The van der Waals surface area contributed by atoms with E-state index in [-0.39, 0.29) is 17.8 Å². The zero-order chi connectivity index (χ0) is 18.1. The highest BCUT2D eigenvalue weighted by Gasteiger charge is 2.40. The van der Waals surface area contributed by atoms with Crippen LogP contribution < -0.4 is 10.6 Å². The number of benzene rings is 1. The molecular formula is C20H22FN3O2. The number of nitrogens with zero attached hydrogens (tertiary/aromatic N) is 1. The van der Waals surface area contributed by atoms with Crippen molar-refractivity contribution < 1.29 is 14.0 Å². The number of carbonyl (C=O) groups excluding carboxylic acids is 2. The highest BCUT2D eigenvalue weighted by Crippen LogP contribution is 2.33. The summed E-state index contributed by atoms with van der Waals surface area (Å²) in [5, 5.41) is 5.56. The first-order chi connectivity index (χ1) is 12.6. The second-order valence-corrected chi connectivity index (χ2v) is 7.06. The summed E-state index contributed by atoms with van der Waals surface area (Å²) in [6.45, 7) is 1.08. The van der Waals surface area contributed by atoms with Crippen LogP contribution in [0.25, 0.3) is 0 Å². The summed E-state index contributed by atoms with van der Waals surface area (Å²) in [6.07, 6.45) is 7.90. The van der Waals surface area contributed by atoms with E-state index in [9.17, 15) is 14.0 Å². The summed E-state index contributed by atoms with van der Waals surface area (Å²) in [6, 6.07) is 5.04. The molecule has 1 aromatic carbocycles. The standard InChI is InChI=1S/C20H22FN3O2/c21-15-8-6-14(7-9-15)18-17-16(22-20(26)23-18)12-24(19(17)25)11-10-13-4-2-1-3-5-13/h4,6-9,18H,1-3,5,10-12H2,(H2,22,23,26)/t18-/m1/s1. The number of urea groups is 1. The highest BCUT2D eigenvalue weighted by molar-refractivity contribution is 6.01. The number of halogens is 1. The Balaban J connectivity index is 1.52. The van der Waals surface area contributed by atoms with Crippen molar-refractivity contribution in [2.45, 2.75) is 38.1 Å². The topological polar surface area (TPSA) is 61.4 Å². The van der Waals surface area contributed by atoms with Gasteiger partial charge in [-0.3, -0.25) is 4.79 Å². The van der Waals surface area contributed by atoms with Crippen LogP contribution >= 0.6 is 0 Å². The van der Waals surface area contributed by atoms with Gasteiger partial charge in [0, 0.05) is 6.54 Å². The molecule has 0 saturated heterocycles. The molecule has 4 rings (SSSR count). The molecule has 0 fully saturated rings. The van der Waals surface area contributed by atoms with E-state index in [4.69, 9.17) is 0 Å². The van der Waals surface area contributed by atoms with Crippen molar-refractivity contribution in [1.29, 1.82) is 0 Å². The molecular weight excluding hydrogens is 333 g/mol. The lowest BCUT2D eigenvalue weighted by Crippen LogP contribution is -2.44. The van der Waals surface area contributed by atoms with E-state index in [0.29, 0.717) is 29.9 Å². The zero-order valence-corrected chi connectivity index (χ0v) is 14.6. The number of rotatable bonds is 4. The Kier molecular flexibility index (Phi) is 4.49. The van der Waals surface area contributed by atoms with Gasteiger partial charge < -0.3 is 15.5 Å². The van der Waals surface area contributed by atoms with Crippen LogP contribution in [0, 0.1) is 5.82 Å². The molecule has 0 radical (unpaired) electrons. The Hall–Kier alpha value is -2.63. The number of hydrogen-bond donors (Lipinski definition) is 2. The van der Waals surface area contributed by atoms with Crippen LogP contribution in [-0.2, 0) is 4.79 Å². The third kappa shape index (κ3) is 3.23. The average Bonchev–Trinajstić information content (AvgIpc) is 2.96. The lowest BCUT2D eigenvalue weighted by atomic mass is 9.96. The summed E-state index contributed by atoms with van der Waals surface area (Å²) in [5.41, 5.74) is 3.35. The van der Waals surface area contributed by atoms with Crippen LogP contribution in [0.2, 0.25) is 0 Å². The van der Waals surface area contributed by atoms with Gasteiger partial charge in [-0.2, -0.15) is 0 Å². The second-order valence-electron chi connectivity index (χ2n) is 7.06. The maximum Gasteiger partial charge on any atom is 0.319 e. The molecule has 2 aliphatic heterocycles. The third-order valence-electron chi connectivity index (χ3n) is 5.31. The van der Waals surface area contributed by atoms with Crippen LogP contribution in [0.3, 0.4) is 0 Å². The number of hydrogen-bond acceptors (Lipinski definition) is 2. The normalized spacial score (nSPS) is 22.7. The molecule has 5 nitrogen and oxygen atoms in total. The zero-order valence-electron chi connectivity index (χ0n) is 14.6. The van der Waals surface area contributed by atoms with Crippen LogP contribution in [0.4, 0.5) is 9.18 Å². The predicted octanol–water partition coefficient (Wildman–Crippen LogP) is 3.17. The lowest BCUT2D eigenvalue weighted by molar-refractivity contribution is -0.125. The van der Waals surface area contributed by atoms with E-state index in [1.165, 1.54) is 30.5 Å². The van der Waals surface area contributed by atoms with Gasteiger partial charge in [-0.05, 0) is 49.8 Å². The van der Waals surface area contributed by atoms with Crippen molar-refractivity contribution in [2.24, 2.45) is 0 Å². The summed E-state index contributed by atoms with van der Waals surface area (Å²) in [4.78, 5) is 26.8. The maximum absolute atomic E-state index is 13.2. The predicted molar refractivity (Wildman–Crippen MR) is 95.6 cm³/mol. The van der Waals surface area contributed by atoms with Crippen LogP contribution in [0.1, 0.15) is 43.7 Å². The van der Waals surface area contributed by atoms with E-state index in [2.05, 4.69) is 16.7 Å². The maximum atomic E-state index is 13.2. The monoisotopic (exact) mass is 355 g/mol. The Morgan fingerprint density at radius 1 is 1.15 bits per heavy atom. The Morgan fingerprint density at radius 2 is 1.96 bits per heavy atom. The Labute approximate surface area is 151 Å². The minimum absolute atomic E-state index is 0.0572. The molecule has 0 saturated carbocycles. The molecule has 6 heteroatoms. The van der Waals surface area contributed by atoms with Crippen molar-refractivity contribution in [3.05, 3.63) is 58.6 Å². The Bertz CT molecular complexity index is 798. The van der Waals surface area contributed by atoms with Gasteiger partial charge in [0.2, 0.25) is 0 Å². The van der Waals surface area contributed by atoms with Gasteiger partial charge in [0.15, 0.2) is 0 Å². The van der Waals surface area contributed by atoms with Crippen LogP contribution in [-0.4, -0.2) is 29.9 Å². The number of nitrogens with one attached hydrogen (secondary N) is 2. The minimum Gasteiger partial charge on any atom is -0.333 e. The number of carbonyl (C=O) groups is 2. The van der Waals surface area contributed by atoms with Crippen LogP contribution in [0.15, 0.2) is 47.2 Å². The quantitative estimate of drug-likeness (QED) is 0.815. The largest absolute Gasteiger partial charge is 0.333 e. The first kappa shape index (κ1) is 16.8. The molecule has 26 heavy (non-hydrogen) atoms. The van der Waals surface area contributed by atoms with Gasteiger partial charge in [0.05, 0.1) is 23.9 Å². The second kappa shape index (κ2) is 6.94. The number of amides is 3. The molecule has 1 aromatic rings. The van der Waals surface area contributed by atoms with Crippen molar-refractivity contribution in [2.75, 3.05) is 13.1 Å². The molecule has 0 bridgehead atoms. The van der Waals surface area contributed by atoms with Gasteiger partial charge in [0.1, 0.15) is 5.82 Å². The molecule has 2 N–H and O–H groups in total. The van der Waals surface area contributed by atoms with Gasteiger partial charge in [-0.25, -0.2) is 9.18 Å². The fourth-order valence-corrected chi connectivity index (χ4v) is 3.92. The highest BCUT2D eigenvalue weighted by atomic mass is 19.1. The summed E-state index contributed by atoms with van der Waals surface area (Å²) in [7, 11) is 0. The van der Waals surface area contributed by atoms with E-state index in [1.807, 2.05) is 0 Å². The molecule has 0 spiro atoms. The molecule has 3 amide bonds. The first-order valence-corrected chi connectivity index (χ1v) is 9.15. The van der Waals surface area contributed by atoms with Gasteiger partial charge in [0.25, 0.3) is 5.91 Å². The summed E-state index contributed by atoms with van der Waals surface area (Å²) < 4.78 is 13.2. The SMILES string of the molecule is O=C1NC2=C(C(=O)N(CCC3=CCCCC3)C2)[C@@H](c2ccc(F)cc2)N1. The van der Waals surface area contributed by atoms with Crippen molar-refractivity contribution in [1.82, 2.24) is 15.5 Å². The van der Waals surface area contributed by atoms with Crippen molar-refractivity contribution in [3.8, 4) is 0 Å². The summed E-state index contributed by atoms with van der Waals surface area (Å²) >= 11 is 0. The van der Waals surface area contributed by atoms with E-state index < -0.39 is 6.04 Å². The first-order valence-electron chi connectivity index (χ1n) is 9.15. The molecule has 2 heterocycles. The smallest absolute Gasteiger partial charge is 0.319 e. The fourth-order valence-electron chi connectivity index (χ4n) is 3.92. The van der Waals surface area contributed by atoms with Gasteiger partial charge in [-0.15, -0.1) is 0 Å². The molecule has 136 valence electrons. The van der Waals surface area contributed by atoms with Crippen LogP contribution in [0.5, 0.6) is 0 Å². The molecule has 3 aliphatic rings. The van der Waals surface area contributed by atoms with E-state index in [0.717, 1.165) is 19.3 Å². The molecule has 0 aromatic heterocycles. The minimum atomic E-state index is -0.536. The lowest BCUT2D eigenvalue weighted by Gasteiger charge is -2.25. The summed E-state index contributed by atoms with van der Waals surface area (Å²) in [5.74, 6) is -0.401. The number of allylic oxidation sites excluding steroid dienone is 1. The fraction of sp³-hybridized carbons (Fsp3) is 0.400. The van der Waals surface area contributed by atoms with E-state index >= 15 is 0 Å². The van der Waals surface area contributed by atoms with Crippen molar-refractivity contribution >= 4 is 11.9 Å². The Morgan fingerprint density at radius 3 is 2.69 bits per heavy atom. The molecule has 1 atom stereocenters. The molecule has 0 unspecified atom stereocenters. The van der Waals surface area contributed by atoms with E-state index in [1.54, 1.807) is 17.0 Å². The van der Waals surface area contributed by atoms with Gasteiger partial charge >= 0.3 is 6.03 Å². The third-order valence-corrected chi connectivity index (χ3v) is 5.31. The van der Waals surface area contributed by atoms with Crippen molar-refractivity contribution in [3.63, 3.8) is 0 Å².